The van der Waals surface area contributed by atoms with Crippen LogP contribution >= 0.6 is 11.6 Å². The van der Waals surface area contributed by atoms with Gasteiger partial charge >= 0.3 is 0 Å². The Balaban J connectivity index is 1.62. The molecule has 0 aliphatic rings. The third kappa shape index (κ3) is 4.77. The van der Waals surface area contributed by atoms with Crippen LogP contribution in [-0.2, 0) is 13.2 Å². The van der Waals surface area contributed by atoms with Crippen molar-refractivity contribution in [2.45, 2.75) is 27.0 Å². The first-order chi connectivity index (χ1) is 12.5. The van der Waals surface area contributed by atoms with Crippen LogP contribution in [0.5, 0.6) is 5.75 Å². The highest BCUT2D eigenvalue weighted by Gasteiger charge is 2.05. The van der Waals surface area contributed by atoms with Gasteiger partial charge in [-0.3, -0.25) is 0 Å². The third-order valence-corrected chi connectivity index (χ3v) is 4.45. The first-order valence-corrected chi connectivity index (χ1v) is 8.86. The maximum Gasteiger partial charge on any atom is 0.138 e. The molecule has 0 aromatic heterocycles. The van der Waals surface area contributed by atoms with E-state index in [0.717, 1.165) is 16.8 Å². The molecule has 134 valence electrons. The highest BCUT2D eigenvalue weighted by Crippen LogP contribution is 2.27. The summed E-state index contributed by atoms with van der Waals surface area (Å²) in [5.41, 5.74) is 5.37. The smallest absolute Gasteiger partial charge is 0.138 e. The summed E-state index contributed by atoms with van der Waals surface area (Å²) in [6.07, 6.45) is 0. The van der Waals surface area contributed by atoms with Gasteiger partial charge in [0.05, 0.1) is 5.02 Å². The van der Waals surface area contributed by atoms with Crippen LogP contribution in [0.3, 0.4) is 0 Å². The molecule has 0 fully saturated rings. The molecular weight excluding hydrogens is 349 g/mol. The molecule has 0 saturated carbocycles. The summed E-state index contributed by atoms with van der Waals surface area (Å²) >= 11 is 6.34. The lowest BCUT2D eigenvalue weighted by Crippen LogP contribution is -2.02. The van der Waals surface area contributed by atoms with Gasteiger partial charge in [-0.1, -0.05) is 41.9 Å². The van der Waals surface area contributed by atoms with Crippen LogP contribution in [0.2, 0.25) is 5.02 Å². The predicted octanol–water partition coefficient (Wildman–Crippen LogP) is 6.29. The van der Waals surface area contributed by atoms with Crippen LogP contribution in [0.25, 0.3) is 0 Å². The predicted molar refractivity (Wildman–Crippen MR) is 105 cm³/mol. The van der Waals surface area contributed by atoms with Gasteiger partial charge in [0, 0.05) is 12.2 Å². The van der Waals surface area contributed by atoms with Crippen molar-refractivity contribution in [1.29, 1.82) is 0 Å². The van der Waals surface area contributed by atoms with Crippen LogP contribution < -0.4 is 10.1 Å². The Morgan fingerprint density at radius 1 is 0.962 bits per heavy atom. The van der Waals surface area contributed by atoms with Gasteiger partial charge in [0.25, 0.3) is 0 Å². The molecular formula is C22H21ClFNO. The van der Waals surface area contributed by atoms with E-state index in [1.165, 1.54) is 23.3 Å². The second-order valence-electron chi connectivity index (χ2n) is 6.36. The Morgan fingerprint density at radius 2 is 1.81 bits per heavy atom. The molecule has 1 N–H and O–H groups in total. The molecule has 26 heavy (non-hydrogen) atoms. The fraction of sp³-hybridized carbons (Fsp3) is 0.182. The van der Waals surface area contributed by atoms with Crippen molar-refractivity contribution in [2.24, 2.45) is 0 Å². The van der Waals surface area contributed by atoms with Gasteiger partial charge < -0.3 is 10.1 Å². The number of hydrogen-bond acceptors (Lipinski definition) is 2. The summed E-state index contributed by atoms with van der Waals surface area (Å²) in [5, 5.41) is 3.98. The van der Waals surface area contributed by atoms with Gasteiger partial charge in [-0.05, 0) is 66.4 Å². The van der Waals surface area contributed by atoms with Gasteiger partial charge in [-0.25, -0.2) is 4.39 Å². The monoisotopic (exact) mass is 369 g/mol. The first-order valence-electron chi connectivity index (χ1n) is 8.48. The maximum absolute atomic E-state index is 13.2. The Labute approximate surface area is 158 Å². The highest BCUT2D eigenvalue weighted by molar-refractivity contribution is 6.32. The Morgan fingerprint density at radius 3 is 2.58 bits per heavy atom. The van der Waals surface area contributed by atoms with E-state index < -0.39 is 0 Å². The van der Waals surface area contributed by atoms with Crippen molar-refractivity contribution >= 4 is 17.3 Å². The van der Waals surface area contributed by atoms with Crippen molar-refractivity contribution in [2.75, 3.05) is 5.32 Å². The van der Waals surface area contributed by atoms with E-state index in [1.807, 2.05) is 24.3 Å². The molecule has 0 radical (unpaired) electrons. The summed E-state index contributed by atoms with van der Waals surface area (Å²) in [6.45, 7) is 5.11. The number of aryl methyl sites for hydroxylation is 2. The number of anilines is 1. The lowest BCUT2D eigenvalue weighted by molar-refractivity contribution is 0.305. The normalized spacial score (nSPS) is 10.6. The molecule has 3 aromatic carbocycles. The summed E-state index contributed by atoms with van der Waals surface area (Å²) in [5.74, 6) is 0.316. The molecule has 0 atom stereocenters. The largest absolute Gasteiger partial charge is 0.487 e. The number of benzene rings is 3. The number of rotatable bonds is 6. The minimum atomic E-state index is -0.273. The second-order valence-corrected chi connectivity index (χ2v) is 6.76. The van der Waals surface area contributed by atoms with Crippen molar-refractivity contribution in [3.05, 3.63) is 93.8 Å². The summed E-state index contributed by atoms with van der Waals surface area (Å²) in [7, 11) is 0. The minimum absolute atomic E-state index is 0.273. The molecule has 0 heterocycles. The fourth-order valence-corrected chi connectivity index (χ4v) is 2.94. The van der Waals surface area contributed by atoms with E-state index in [0.29, 0.717) is 17.3 Å². The van der Waals surface area contributed by atoms with E-state index in [9.17, 15) is 4.39 Å². The lowest BCUT2D eigenvalue weighted by atomic mass is 10.1. The lowest BCUT2D eigenvalue weighted by Gasteiger charge is -2.13. The summed E-state index contributed by atoms with van der Waals surface area (Å²) in [6, 6.07) is 18.4. The standard InChI is InChI=1S/C22H21ClFNO/c1-15-6-7-16(2)21(10-15)25-13-17-8-9-22(20(23)12-17)26-14-18-4-3-5-19(24)11-18/h3-12,25H,13-14H2,1-2H3. The Bertz CT molecular complexity index is 910. The Kier molecular flexibility index (Phi) is 5.79. The van der Waals surface area contributed by atoms with Gasteiger partial charge in [0.15, 0.2) is 0 Å². The molecule has 2 nitrogen and oxygen atoms in total. The van der Waals surface area contributed by atoms with Gasteiger partial charge in [-0.2, -0.15) is 0 Å². The molecule has 3 rings (SSSR count). The average molecular weight is 370 g/mol. The molecule has 4 heteroatoms. The highest BCUT2D eigenvalue weighted by atomic mass is 35.5. The number of ether oxygens (including phenoxy) is 1. The van der Waals surface area contributed by atoms with Crippen molar-refractivity contribution in [3.8, 4) is 5.75 Å². The third-order valence-electron chi connectivity index (χ3n) is 4.16. The molecule has 0 saturated heterocycles. The van der Waals surface area contributed by atoms with Crippen LogP contribution in [-0.4, -0.2) is 0 Å². The number of halogens is 2. The number of nitrogens with one attached hydrogen (secondary N) is 1. The quantitative estimate of drug-likeness (QED) is 0.551. The summed E-state index contributed by atoms with van der Waals surface area (Å²) in [4.78, 5) is 0. The average Bonchev–Trinajstić information content (AvgIpc) is 2.62. The minimum Gasteiger partial charge on any atom is -0.487 e. The molecule has 0 aliphatic carbocycles. The van der Waals surface area contributed by atoms with Crippen molar-refractivity contribution in [1.82, 2.24) is 0 Å². The molecule has 0 unspecified atom stereocenters. The van der Waals surface area contributed by atoms with Gasteiger partial charge in [0.2, 0.25) is 0 Å². The van der Waals surface area contributed by atoms with E-state index in [4.69, 9.17) is 16.3 Å². The van der Waals surface area contributed by atoms with Crippen molar-refractivity contribution in [3.63, 3.8) is 0 Å². The topological polar surface area (TPSA) is 21.3 Å². The molecule has 0 amide bonds. The zero-order chi connectivity index (χ0) is 18.5. The van der Waals surface area contributed by atoms with E-state index in [1.54, 1.807) is 6.07 Å². The van der Waals surface area contributed by atoms with E-state index in [-0.39, 0.29) is 12.4 Å². The van der Waals surface area contributed by atoms with Crippen molar-refractivity contribution < 1.29 is 9.13 Å². The van der Waals surface area contributed by atoms with Crippen LogP contribution in [0, 0.1) is 19.7 Å². The van der Waals surface area contributed by atoms with E-state index >= 15 is 0 Å². The van der Waals surface area contributed by atoms with Crippen LogP contribution in [0.1, 0.15) is 22.3 Å². The van der Waals surface area contributed by atoms with Crippen LogP contribution in [0.4, 0.5) is 10.1 Å². The molecule has 0 aliphatic heterocycles. The Hall–Kier alpha value is -2.52. The number of hydrogen-bond donors (Lipinski definition) is 1. The SMILES string of the molecule is Cc1ccc(C)c(NCc2ccc(OCc3cccc(F)c3)c(Cl)c2)c1. The second kappa shape index (κ2) is 8.24. The van der Waals surface area contributed by atoms with Crippen LogP contribution in [0.15, 0.2) is 60.7 Å². The van der Waals surface area contributed by atoms with Gasteiger partial charge in [0.1, 0.15) is 18.2 Å². The maximum atomic E-state index is 13.2. The zero-order valence-electron chi connectivity index (χ0n) is 14.9. The summed E-state index contributed by atoms with van der Waals surface area (Å²) < 4.78 is 18.9. The molecule has 0 spiro atoms. The zero-order valence-corrected chi connectivity index (χ0v) is 15.6. The first kappa shape index (κ1) is 18.3. The van der Waals surface area contributed by atoms with E-state index in [2.05, 4.69) is 37.4 Å². The molecule has 0 bridgehead atoms. The van der Waals surface area contributed by atoms with Gasteiger partial charge in [-0.15, -0.1) is 0 Å². The molecule has 3 aromatic rings. The fourth-order valence-electron chi connectivity index (χ4n) is 2.68.